The minimum absolute atomic E-state index is 0.267. The highest BCUT2D eigenvalue weighted by atomic mass is 32.1. The number of amides is 1. The van der Waals surface area contributed by atoms with Crippen LogP contribution in [0.15, 0.2) is 24.3 Å². The Hall–Kier alpha value is -1.86. The van der Waals surface area contributed by atoms with Crippen molar-refractivity contribution in [3.05, 3.63) is 40.4 Å². The minimum Gasteiger partial charge on any atom is -0.332 e. The molecule has 1 aromatic carbocycles. The highest BCUT2D eigenvalue weighted by Gasteiger charge is 2.14. The van der Waals surface area contributed by atoms with E-state index >= 15 is 0 Å². The quantitative estimate of drug-likeness (QED) is 0.573. The molecule has 1 aromatic heterocycles. The van der Waals surface area contributed by atoms with Crippen molar-refractivity contribution < 1.29 is 4.79 Å². The van der Waals surface area contributed by atoms with Gasteiger partial charge in [-0.05, 0) is 61.2 Å². The van der Waals surface area contributed by atoms with Gasteiger partial charge in [-0.3, -0.25) is 10.1 Å². The molecule has 0 saturated heterocycles. The minimum atomic E-state index is -0.285. The number of benzene rings is 1. The molecule has 0 saturated carbocycles. The van der Waals surface area contributed by atoms with E-state index in [-0.39, 0.29) is 11.0 Å². The van der Waals surface area contributed by atoms with Gasteiger partial charge in [-0.2, -0.15) is 0 Å². The standard InChI is InChI=1S/C17H22N4OS2/c1-3-4-5-6-7-13-8-10-14(11-9-13)18-17(23)19-16(22)15-12(2)20-21-24-15/h8-11H,3-7H2,1-2H3,(H2,18,19,22,23). The summed E-state index contributed by atoms with van der Waals surface area (Å²) < 4.78 is 3.75. The first-order valence-electron chi connectivity index (χ1n) is 8.10. The van der Waals surface area contributed by atoms with Crippen LogP contribution in [0.5, 0.6) is 0 Å². The number of aryl methyl sites for hydroxylation is 2. The van der Waals surface area contributed by atoms with E-state index in [2.05, 4.69) is 39.3 Å². The zero-order valence-corrected chi connectivity index (χ0v) is 15.6. The van der Waals surface area contributed by atoms with E-state index in [1.54, 1.807) is 6.92 Å². The van der Waals surface area contributed by atoms with Gasteiger partial charge in [0, 0.05) is 5.69 Å². The number of unbranched alkanes of at least 4 members (excludes halogenated alkanes) is 3. The number of carbonyl (C=O) groups excluding carboxylic acids is 1. The Morgan fingerprint density at radius 1 is 1.21 bits per heavy atom. The number of nitrogens with one attached hydrogen (secondary N) is 2. The maximum Gasteiger partial charge on any atom is 0.271 e. The molecular formula is C17H22N4OS2. The van der Waals surface area contributed by atoms with Crippen molar-refractivity contribution in [3.63, 3.8) is 0 Å². The molecule has 0 aliphatic carbocycles. The SMILES string of the molecule is CCCCCCc1ccc(NC(=S)NC(=O)c2snnc2C)cc1. The number of nitrogens with zero attached hydrogens (tertiary/aromatic N) is 2. The molecule has 1 heterocycles. The third-order valence-corrected chi connectivity index (χ3v) is 4.65. The van der Waals surface area contributed by atoms with Crippen molar-refractivity contribution in [1.82, 2.24) is 14.9 Å². The Morgan fingerprint density at radius 2 is 1.96 bits per heavy atom. The maximum absolute atomic E-state index is 12.0. The number of anilines is 1. The summed E-state index contributed by atoms with van der Waals surface area (Å²) in [5, 5.41) is 9.75. The summed E-state index contributed by atoms with van der Waals surface area (Å²) in [5.74, 6) is -0.285. The zero-order chi connectivity index (χ0) is 17.4. The summed E-state index contributed by atoms with van der Waals surface area (Å²) in [4.78, 5) is 12.5. The normalized spacial score (nSPS) is 10.4. The van der Waals surface area contributed by atoms with E-state index < -0.39 is 0 Å². The topological polar surface area (TPSA) is 66.9 Å². The van der Waals surface area contributed by atoms with E-state index in [0.29, 0.717) is 10.6 Å². The van der Waals surface area contributed by atoms with Crippen molar-refractivity contribution >= 4 is 40.5 Å². The first-order valence-corrected chi connectivity index (χ1v) is 9.28. The van der Waals surface area contributed by atoms with Crippen molar-refractivity contribution in [2.75, 3.05) is 5.32 Å². The molecule has 0 fully saturated rings. The van der Waals surface area contributed by atoms with Crippen LogP contribution >= 0.6 is 23.8 Å². The lowest BCUT2D eigenvalue weighted by molar-refractivity contribution is 0.0981. The predicted octanol–water partition coefficient (Wildman–Crippen LogP) is 4.10. The van der Waals surface area contributed by atoms with Crippen LogP contribution in [0.4, 0.5) is 5.69 Å². The van der Waals surface area contributed by atoms with Crippen LogP contribution in [0, 0.1) is 6.92 Å². The van der Waals surface area contributed by atoms with Gasteiger partial charge in [0.25, 0.3) is 5.91 Å². The van der Waals surface area contributed by atoms with Crippen LogP contribution < -0.4 is 10.6 Å². The van der Waals surface area contributed by atoms with Gasteiger partial charge in [0.2, 0.25) is 0 Å². The molecule has 0 spiro atoms. The fourth-order valence-corrected chi connectivity index (χ4v) is 3.03. The summed E-state index contributed by atoms with van der Waals surface area (Å²) in [6.07, 6.45) is 6.14. The second-order valence-electron chi connectivity index (χ2n) is 5.60. The van der Waals surface area contributed by atoms with Crippen LogP contribution in [-0.2, 0) is 6.42 Å². The number of hydrogen-bond acceptors (Lipinski definition) is 5. The third kappa shape index (κ3) is 5.65. The maximum atomic E-state index is 12.0. The summed E-state index contributed by atoms with van der Waals surface area (Å²) in [7, 11) is 0. The number of carbonyl (C=O) groups is 1. The van der Waals surface area contributed by atoms with Crippen LogP contribution in [0.2, 0.25) is 0 Å². The second kappa shape index (κ2) is 9.44. The average Bonchev–Trinajstić information content (AvgIpc) is 2.99. The third-order valence-electron chi connectivity index (χ3n) is 3.62. The Labute approximate surface area is 152 Å². The smallest absolute Gasteiger partial charge is 0.271 e. The van der Waals surface area contributed by atoms with E-state index in [1.165, 1.54) is 31.2 Å². The summed E-state index contributed by atoms with van der Waals surface area (Å²) in [5.41, 5.74) is 2.78. The molecule has 5 nitrogen and oxygen atoms in total. The van der Waals surface area contributed by atoms with Gasteiger partial charge < -0.3 is 5.32 Å². The number of hydrogen-bond donors (Lipinski definition) is 2. The van der Waals surface area contributed by atoms with Crippen molar-refractivity contribution in [1.29, 1.82) is 0 Å². The average molecular weight is 363 g/mol. The fraction of sp³-hybridized carbons (Fsp3) is 0.412. The summed E-state index contributed by atoms with van der Waals surface area (Å²) in [6, 6.07) is 8.15. The molecule has 128 valence electrons. The first kappa shape index (κ1) is 18.5. The fourth-order valence-electron chi connectivity index (χ4n) is 2.27. The van der Waals surface area contributed by atoms with Crippen molar-refractivity contribution in [2.45, 2.75) is 46.0 Å². The second-order valence-corrected chi connectivity index (χ2v) is 6.77. The number of thiocarbonyl (C=S) groups is 1. The summed E-state index contributed by atoms with van der Waals surface area (Å²) in [6.45, 7) is 3.96. The van der Waals surface area contributed by atoms with E-state index in [4.69, 9.17) is 12.2 Å². The van der Waals surface area contributed by atoms with Crippen LogP contribution in [-0.4, -0.2) is 20.6 Å². The largest absolute Gasteiger partial charge is 0.332 e. The first-order chi connectivity index (χ1) is 11.6. The molecule has 0 aliphatic rings. The number of aromatic nitrogens is 2. The highest BCUT2D eigenvalue weighted by Crippen LogP contribution is 2.13. The lowest BCUT2D eigenvalue weighted by Crippen LogP contribution is -2.34. The Morgan fingerprint density at radius 3 is 2.58 bits per heavy atom. The van der Waals surface area contributed by atoms with Gasteiger partial charge in [-0.15, -0.1) is 5.10 Å². The lowest BCUT2D eigenvalue weighted by atomic mass is 10.1. The molecule has 2 aromatic rings. The van der Waals surface area contributed by atoms with Gasteiger partial charge in [0.05, 0.1) is 5.69 Å². The van der Waals surface area contributed by atoms with Crippen LogP contribution in [0.1, 0.15) is 53.5 Å². The zero-order valence-electron chi connectivity index (χ0n) is 14.0. The number of rotatable bonds is 7. The van der Waals surface area contributed by atoms with Gasteiger partial charge in [0.1, 0.15) is 4.88 Å². The molecular weight excluding hydrogens is 340 g/mol. The van der Waals surface area contributed by atoms with Gasteiger partial charge in [0.15, 0.2) is 5.11 Å². The Bertz CT molecular complexity index is 682. The van der Waals surface area contributed by atoms with Crippen LogP contribution in [0.3, 0.4) is 0 Å². The highest BCUT2D eigenvalue weighted by molar-refractivity contribution is 7.80. The molecule has 0 unspecified atom stereocenters. The van der Waals surface area contributed by atoms with Crippen molar-refractivity contribution in [2.24, 2.45) is 0 Å². The van der Waals surface area contributed by atoms with Crippen LogP contribution in [0.25, 0.3) is 0 Å². The van der Waals surface area contributed by atoms with Gasteiger partial charge >= 0.3 is 0 Å². The predicted molar refractivity (Wildman–Crippen MR) is 103 cm³/mol. The van der Waals surface area contributed by atoms with E-state index in [0.717, 1.165) is 23.6 Å². The molecule has 24 heavy (non-hydrogen) atoms. The molecule has 0 aliphatic heterocycles. The Balaban J connectivity index is 1.81. The van der Waals surface area contributed by atoms with Gasteiger partial charge in [-0.1, -0.05) is 42.8 Å². The van der Waals surface area contributed by atoms with E-state index in [9.17, 15) is 4.79 Å². The monoisotopic (exact) mass is 362 g/mol. The summed E-state index contributed by atoms with van der Waals surface area (Å²) >= 11 is 6.24. The van der Waals surface area contributed by atoms with Crippen molar-refractivity contribution in [3.8, 4) is 0 Å². The molecule has 1 amide bonds. The molecule has 2 N–H and O–H groups in total. The Kier molecular flexibility index (Phi) is 7.27. The molecule has 2 rings (SSSR count). The molecule has 0 atom stereocenters. The molecule has 0 radical (unpaired) electrons. The lowest BCUT2D eigenvalue weighted by Gasteiger charge is -2.09. The molecule has 0 bridgehead atoms. The van der Waals surface area contributed by atoms with E-state index in [1.807, 2.05) is 12.1 Å². The van der Waals surface area contributed by atoms with Gasteiger partial charge in [-0.25, -0.2) is 0 Å². The molecule has 7 heteroatoms.